The molecule has 3 heterocycles. The Hall–Kier alpha value is -3.44. The van der Waals surface area contributed by atoms with Crippen LogP contribution in [0.4, 0.5) is 5.69 Å². The van der Waals surface area contributed by atoms with E-state index in [0.717, 1.165) is 16.7 Å². The lowest BCUT2D eigenvalue weighted by atomic mass is 9.85. The maximum absolute atomic E-state index is 14.8. The van der Waals surface area contributed by atoms with Gasteiger partial charge in [0.1, 0.15) is 18.4 Å². The zero-order chi connectivity index (χ0) is 39.7. The molecule has 56 heavy (non-hydrogen) atoms. The van der Waals surface area contributed by atoms with E-state index in [0.29, 0.717) is 89.2 Å². The number of piperidine rings is 1. The summed E-state index contributed by atoms with van der Waals surface area (Å²) in [7, 11) is -0.906. The molecule has 2 N–H and O–H groups in total. The van der Waals surface area contributed by atoms with Crippen LogP contribution in [0, 0.1) is 6.92 Å². The zero-order valence-electron chi connectivity index (χ0n) is 33.1. The number of aryl methyl sites for hydroxylation is 1. The van der Waals surface area contributed by atoms with Gasteiger partial charge < -0.3 is 48.7 Å². The normalized spacial score (nSPS) is 23.7. The summed E-state index contributed by atoms with van der Waals surface area (Å²) in [6.07, 6.45) is -0.688. The molecule has 0 aromatic heterocycles. The summed E-state index contributed by atoms with van der Waals surface area (Å²) >= 11 is 0. The quantitative estimate of drug-likeness (QED) is 0.177. The molecular formula is C42H57N3O10S. The number of amides is 1. The molecule has 2 unspecified atom stereocenters. The smallest absolute Gasteiger partial charge is 0.247 e. The number of fused-ring (bicyclic) bond motifs is 1. The minimum Gasteiger partial charge on any atom is -0.490 e. The molecule has 2 fully saturated rings. The summed E-state index contributed by atoms with van der Waals surface area (Å²) in [5.74, 6) is -0.00448. The number of hydrogen-bond acceptors (Lipinski definition) is 12. The van der Waals surface area contributed by atoms with Crippen molar-refractivity contribution in [1.82, 2.24) is 10.6 Å². The molecule has 6 rings (SSSR count). The molecule has 13 nitrogen and oxygen atoms in total. The predicted octanol–water partition coefficient (Wildman–Crippen LogP) is 4.32. The van der Waals surface area contributed by atoms with Crippen molar-refractivity contribution in [2.75, 3.05) is 78.3 Å². The van der Waals surface area contributed by atoms with Crippen molar-refractivity contribution in [3.63, 3.8) is 0 Å². The van der Waals surface area contributed by atoms with Crippen LogP contribution in [0.1, 0.15) is 53.9 Å². The largest absolute Gasteiger partial charge is 0.490 e. The van der Waals surface area contributed by atoms with E-state index in [2.05, 4.69) is 10.6 Å². The summed E-state index contributed by atoms with van der Waals surface area (Å²) < 4.78 is 71.4. The number of carbonyl (C=O) groups is 1. The van der Waals surface area contributed by atoms with E-state index in [9.17, 15) is 13.2 Å². The number of ether oxygens (including phenoxy) is 7. The second kappa shape index (κ2) is 19.8. The number of rotatable bonds is 18. The first-order chi connectivity index (χ1) is 27.1. The predicted molar refractivity (Wildman–Crippen MR) is 212 cm³/mol. The molecule has 0 bridgehead atoms. The fraction of sp³-hybridized carbons (Fsp3) is 0.548. The number of benzene rings is 3. The van der Waals surface area contributed by atoms with E-state index in [1.807, 2.05) is 45.0 Å². The second-order valence-corrected chi connectivity index (χ2v) is 16.5. The highest BCUT2D eigenvalue weighted by atomic mass is 32.2. The molecule has 3 aliphatic rings. The van der Waals surface area contributed by atoms with E-state index < -0.39 is 27.4 Å². The molecule has 2 saturated heterocycles. The van der Waals surface area contributed by atoms with Gasteiger partial charge in [-0.2, -0.15) is 0 Å². The molecule has 3 aromatic rings. The van der Waals surface area contributed by atoms with Crippen LogP contribution in [0.15, 0.2) is 71.6 Å². The van der Waals surface area contributed by atoms with E-state index in [1.54, 1.807) is 61.6 Å². The van der Waals surface area contributed by atoms with Gasteiger partial charge in [0.15, 0.2) is 5.44 Å². The van der Waals surface area contributed by atoms with E-state index >= 15 is 0 Å². The molecule has 3 aliphatic heterocycles. The van der Waals surface area contributed by atoms with Crippen molar-refractivity contribution in [2.45, 2.75) is 80.5 Å². The van der Waals surface area contributed by atoms with Crippen LogP contribution in [0.3, 0.4) is 0 Å². The van der Waals surface area contributed by atoms with E-state index in [-0.39, 0.29) is 35.0 Å². The van der Waals surface area contributed by atoms with Gasteiger partial charge in [0.05, 0.1) is 68.0 Å². The number of methoxy groups -OCH3 is 2. The van der Waals surface area contributed by atoms with Gasteiger partial charge in [-0.15, -0.1) is 0 Å². The molecule has 1 amide bonds. The lowest BCUT2D eigenvalue weighted by Gasteiger charge is -2.40. The van der Waals surface area contributed by atoms with Crippen molar-refractivity contribution in [3.8, 4) is 5.75 Å². The van der Waals surface area contributed by atoms with Crippen molar-refractivity contribution in [2.24, 2.45) is 0 Å². The van der Waals surface area contributed by atoms with Gasteiger partial charge in [0, 0.05) is 39.8 Å². The Balaban J connectivity index is 1.37. The summed E-state index contributed by atoms with van der Waals surface area (Å²) in [5.41, 5.74) is 2.31. The third-order valence-electron chi connectivity index (χ3n) is 10.6. The Morgan fingerprint density at radius 3 is 2.48 bits per heavy atom. The Bertz CT molecular complexity index is 1830. The molecule has 0 aliphatic carbocycles. The minimum atomic E-state index is -4.16. The number of nitrogens with one attached hydrogen (secondary N) is 2. The Labute approximate surface area is 331 Å². The molecular weight excluding hydrogens is 739 g/mol. The van der Waals surface area contributed by atoms with E-state index in [1.165, 1.54) is 0 Å². The molecule has 306 valence electrons. The standard InChI is InChI=1S/C42H57N3O10S/c1-6-52-29(3)26-54-37-24-43-25-38(39(37)31-11-9-30(10-12-31)27-51-22-21-49-4)55-42(56(47,48)33-14-7-28(2)8-15-33)32-13-16-35-34(23-32)45(19-20-53-35)41(46)40-36(50-5)17-18-44-40/h7-16,23,29,36-40,42-44H,6,17-22,24-27H2,1-5H3/t29-,36?,37-,38+,39-,40+,42?/m1/s1. The third-order valence-corrected chi connectivity index (χ3v) is 12.5. The lowest BCUT2D eigenvalue weighted by molar-refractivity contribution is -0.123. The first kappa shape index (κ1) is 42.2. The van der Waals surface area contributed by atoms with Gasteiger partial charge in [-0.3, -0.25) is 4.79 Å². The van der Waals surface area contributed by atoms with Crippen LogP contribution >= 0.6 is 0 Å². The first-order valence-electron chi connectivity index (χ1n) is 19.5. The molecule has 14 heteroatoms. The average molecular weight is 796 g/mol. The Morgan fingerprint density at radius 2 is 1.75 bits per heavy atom. The number of nitrogens with zero attached hydrogens (tertiary/aromatic N) is 1. The number of anilines is 1. The highest BCUT2D eigenvalue weighted by Crippen LogP contribution is 2.41. The number of carbonyl (C=O) groups excluding carboxylic acids is 1. The maximum Gasteiger partial charge on any atom is 0.247 e. The van der Waals surface area contributed by atoms with Crippen LogP contribution in [0.25, 0.3) is 0 Å². The maximum atomic E-state index is 14.8. The van der Waals surface area contributed by atoms with Gasteiger partial charge in [-0.05, 0) is 74.7 Å². The fourth-order valence-electron chi connectivity index (χ4n) is 7.64. The van der Waals surface area contributed by atoms with Gasteiger partial charge in [0.2, 0.25) is 15.7 Å². The van der Waals surface area contributed by atoms with Crippen LogP contribution in [0.5, 0.6) is 5.75 Å². The van der Waals surface area contributed by atoms with Crippen LogP contribution < -0.4 is 20.3 Å². The SMILES string of the molecule is CCO[C@H](C)CO[C@@H]1CNC[C@H](OC(c2ccc3c(c2)N(C(=O)[C@H]2NCCC2OC)CCO3)S(=O)(=O)c2ccc(C)cc2)[C@@H]1c1ccc(COCCOC)cc1. The third kappa shape index (κ3) is 9.98. The van der Waals surface area contributed by atoms with Crippen molar-refractivity contribution in [3.05, 3.63) is 89.0 Å². The summed E-state index contributed by atoms with van der Waals surface area (Å²) in [4.78, 5) is 15.8. The molecule has 0 radical (unpaired) electrons. The van der Waals surface area contributed by atoms with Crippen LogP contribution in [-0.4, -0.2) is 118 Å². The number of hydrogen-bond donors (Lipinski definition) is 2. The molecule has 3 aromatic carbocycles. The number of sulfone groups is 1. The van der Waals surface area contributed by atoms with Gasteiger partial charge in [0.25, 0.3) is 0 Å². The molecule has 7 atom stereocenters. The summed E-state index contributed by atoms with van der Waals surface area (Å²) in [5, 5.41) is 6.73. The fourth-order valence-corrected chi connectivity index (χ4v) is 9.20. The Morgan fingerprint density at radius 1 is 0.982 bits per heavy atom. The Kier molecular flexibility index (Phi) is 14.9. The highest BCUT2D eigenvalue weighted by Gasteiger charge is 2.43. The van der Waals surface area contributed by atoms with Crippen molar-refractivity contribution >= 4 is 21.4 Å². The van der Waals surface area contributed by atoms with Gasteiger partial charge >= 0.3 is 0 Å². The molecule has 0 saturated carbocycles. The summed E-state index contributed by atoms with van der Waals surface area (Å²) in [6, 6.07) is 19.5. The van der Waals surface area contributed by atoms with Gasteiger partial charge in [-0.25, -0.2) is 8.42 Å². The van der Waals surface area contributed by atoms with Crippen LogP contribution in [-0.2, 0) is 49.7 Å². The average Bonchev–Trinajstić information content (AvgIpc) is 3.70. The van der Waals surface area contributed by atoms with Crippen molar-refractivity contribution < 1.29 is 46.4 Å². The minimum absolute atomic E-state index is 0.129. The van der Waals surface area contributed by atoms with Gasteiger partial charge in [-0.1, -0.05) is 48.0 Å². The topological polar surface area (TPSA) is 143 Å². The summed E-state index contributed by atoms with van der Waals surface area (Å²) in [6.45, 7) is 10.4. The highest BCUT2D eigenvalue weighted by molar-refractivity contribution is 7.91. The zero-order valence-corrected chi connectivity index (χ0v) is 33.9. The van der Waals surface area contributed by atoms with Crippen LogP contribution in [0.2, 0.25) is 0 Å². The first-order valence-corrected chi connectivity index (χ1v) is 21.1. The second-order valence-electron chi connectivity index (χ2n) is 14.5. The lowest BCUT2D eigenvalue weighted by Crippen LogP contribution is -2.52. The molecule has 0 spiro atoms. The monoisotopic (exact) mass is 795 g/mol. The van der Waals surface area contributed by atoms with E-state index in [4.69, 9.17) is 33.2 Å². The van der Waals surface area contributed by atoms with Crippen molar-refractivity contribution in [1.29, 1.82) is 0 Å².